The van der Waals surface area contributed by atoms with Crippen molar-refractivity contribution in [1.29, 1.82) is 0 Å². The number of carbonyl (C=O) groups is 1. The van der Waals surface area contributed by atoms with Crippen LogP contribution in [0.5, 0.6) is 0 Å². The van der Waals surface area contributed by atoms with E-state index >= 15 is 0 Å². The first-order valence-electron chi connectivity index (χ1n) is 5.13. The Hall–Kier alpha value is -1.62. The third kappa shape index (κ3) is 2.94. The normalized spacial score (nSPS) is 12.1. The molecule has 2 aromatic rings. The maximum absolute atomic E-state index is 11.8. The van der Waals surface area contributed by atoms with Crippen LogP contribution in [-0.2, 0) is 0 Å². The standard InChI is InChI=1S/C12H11BrN2O2/c1-8(9-3-2-6-14-7-9)15-12(16)10-4-5-11(13)17-10/h2-8H,1H3,(H,15,16). The Morgan fingerprint density at radius 1 is 1.47 bits per heavy atom. The second-order valence-electron chi connectivity index (χ2n) is 3.59. The fraction of sp³-hybridized carbons (Fsp3) is 0.167. The number of hydrogen-bond acceptors (Lipinski definition) is 3. The molecule has 0 spiro atoms. The van der Waals surface area contributed by atoms with Crippen LogP contribution >= 0.6 is 15.9 Å². The number of rotatable bonds is 3. The van der Waals surface area contributed by atoms with Crippen LogP contribution in [0.3, 0.4) is 0 Å². The summed E-state index contributed by atoms with van der Waals surface area (Å²) in [6.45, 7) is 1.90. The molecule has 0 aliphatic rings. The van der Waals surface area contributed by atoms with Crippen molar-refractivity contribution in [3.8, 4) is 0 Å². The highest BCUT2D eigenvalue weighted by Gasteiger charge is 2.14. The number of amides is 1. The van der Waals surface area contributed by atoms with Gasteiger partial charge in [0, 0.05) is 12.4 Å². The quantitative estimate of drug-likeness (QED) is 0.947. The molecule has 0 radical (unpaired) electrons. The van der Waals surface area contributed by atoms with E-state index in [0.717, 1.165) is 5.56 Å². The van der Waals surface area contributed by atoms with Crippen molar-refractivity contribution >= 4 is 21.8 Å². The molecular weight excluding hydrogens is 284 g/mol. The van der Waals surface area contributed by atoms with Crippen LogP contribution in [0.2, 0.25) is 0 Å². The van der Waals surface area contributed by atoms with Crippen molar-refractivity contribution in [2.24, 2.45) is 0 Å². The van der Waals surface area contributed by atoms with Crippen LogP contribution in [0.25, 0.3) is 0 Å². The minimum Gasteiger partial charge on any atom is -0.444 e. The summed E-state index contributed by atoms with van der Waals surface area (Å²) in [5, 5.41) is 2.83. The number of nitrogens with one attached hydrogen (secondary N) is 1. The topological polar surface area (TPSA) is 55.1 Å². The second kappa shape index (κ2) is 5.14. The van der Waals surface area contributed by atoms with Crippen LogP contribution in [0.15, 0.2) is 45.7 Å². The van der Waals surface area contributed by atoms with Gasteiger partial charge >= 0.3 is 0 Å². The van der Waals surface area contributed by atoms with Gasteiger partial charge < -0.3 is 9.73 Å². The first-order chi connectivity index (χ1) is 8.16. The summed E-state index contributed by atoms with van der Waals surface area (Å²) in [6, 6.07) is 6.94. The van der Waals surface area contributed by atoms with E-state index in [1.54, 1.807) is 24.5 Å². The average Bonchev–Trinajstić information content (AvgIpc) is 2.77. The maximum atomic E-state index is 11.8. The van der Waals surface area contributed by atoms with E-state index in [-0.39, 0.29) is 17.7 Å². The van der Waals surface area contributed by atoms with Crippen molar-refractivity contribution in [3.63, 3.8) is 0 Å². The number of nitrogens with zero attached hydrogens (tertiary/aromatic N) is 1. The number of carbonyl (C=O) groups excluding carboxylic acids is 1. The van der Waals surface area contributed by atoms with Gasteiger partial charge in [0.25, 0.3) is 5.91 Å². The summed E-state index contributed by atoms with van der Waals surface area (Å²) in [6.07, 6.45) is 3.42. The lowest BCUT2D eigenvalue weighted by Gasteiger charge is -2.12. The van der Waals surface area contributed by atoms with E-state index in [4.69, 9.17) is 4.42 Å². The van der Waals surface area contributed by atoms with Gasteiger partial charge in [-0.2, -0.15) is 0 Å². The molecule has 0 aliphatic heterocycles. The lowest BCUT2D eigenvalue weighted by Crippen LogP contribution is -2.26. The molecule has 2 aromatic heterocycles. The van der Waals surface area contributed by atoms with Crippen molar-refractivity contribution in [2.75, 3.05) is 0 Å². The lowest BCUT2D eigenvalue weighted by molar-refractivity contribution is 0.0910. The lowest BCUT2D eigenvalue weighted by atomic mass is 10.1. The predicted octanol–water partition coefficient (Wildman–Crippen LogP) is 2.93. The Balaban J connectivity index is 2.04. The fourth-order valence-electron chi connectivity index (χ4n) is 1.42. The molecule has 88 valence electrons. The van der Waals surface area contributed by atoms with Crippen LogP contribution in [-0.4, -0.2) is 10.9 Å². The average molecular weight is 295 g/mol. The van der Waals surface area contributed by atoms with E-state index < -0.39 is 0 Å². The molecule has 0 aliphatic carbocycles. The Morgan fingerprint density at radius 3 is 2.88 bits per heavy atom. The first kappa shape index (κ1) is 11.9. The van der Waals surface area contributed by atoms with Crippen molar-refractivity contribution in [1.82, 2.24) is 10.3 Å². The minimum atomic E-state index is -0.243. The second-order valence-corrected chi connectivity index (χ2v) is 4.37. The van der Waals surface area contributed by atoms with Crippen LogP contribution in [0, 0.1) is 0 Å². The van der Waals surface area contributed by atoms with Crippen molar-refractivity contribution < 1.29 is 9.21 Å². The maximum Gasteiger partial charge on any atom is 0.287 e. The van der Waals surface area contributed by atoms with Crippen molar-refractivity contribution in [2.45, 2.75) is 13.0 Å². The molecule has 2 heterocycles. The van der Waals surface area contributed by atoms with Crippen LogP contribution in [0.4, 0.5) is 0 Å². The highest BCUT2D eigenvalue weighted by Crippen LogP contribution is 2.16. The third-order valence-corrected chi connectivity index (χ3v) is 2.76. The Kier molecular flexibility index (Phi) is 3.58. The number of pyridine rings is 1. The highest BCUT2D eigenvalue weighted by molar-refractivity contribution is 9.10. The van der Waals surface area contributed by atoms with E-state index in [9.17, 15) is 4.79 Å². The summed E-state index contributed by atoms with van der Waals surface area (Å²) in [7, 11) is 0. The van der Waals surface area contributed by atoms with E-state index in [1.807, 2.05) is 19.1 Å². The fourth-order valence-corrected chi connectivity index (χ4v) is 1.73. The number of halogens is 1. The molecule has 17 heavy (non-hydrogen) atoms. The van der Waals surface area contributed by atoms with Gasteiger partial charge in [-0.3, -0.25) is 9.78 Å². The largest absolute Gasteiger partial charge is 0.444 e. The van der Waals surface area contributed by atoms with Gasteiger partial charge in [-0.15, -0.1) is 0 Å². The molecule has 1 atom stereocenters. The van der Waals surface area contributed by atoms with Gasteiger partial charge in [0.15, 0.2) is 10.4 Å². The molecule has 0 bridgehead atoms. The highest BCUT2D eigenvalue weighted by atomic mass is 79.9. The summed E-state index contributed by atoms with van der Waals surface area (Å²) >= 11 is 3.15. The molecule has 1 unspecified atom stereocenters. The molecule has 5 heteroatoms. The Bertz CT molecular complexity index is 510. The molecule has 2 rings (SSSR count). The van der Waals surface area contributed by atoms with Crippen LogP contribution < -0.4 is 5.32 Å². The van der Waals surface area contributed by atoms with Gasteiger partial charge in [0.2, 0.25) is 0 Å². The predicted molar refractivity (Wildman–Crippen MR) is 66.5 cm³/mol. The molecular formula is C12H11BrN2O2. The Labute approximate surface area is 107 Å². The molecule has 0 aromatic carbocycles. The molecule has 0 saturated carbocycles. The molecule has 0 saturated heterocycles. The molecule has 4 nitrogen and oxygen atoms in total. The number of aromatic nitrogens is 1. The SMILES string of the molecule is CC(NC(=O)c1ccc(Br)o1)c1cccnc1. The van der Waals surface area contributed by atoms with Gasteiger partial charge in [-0.25, -0.2) is 0 Å². The summed E-state index contributed by atoms with van der Waals surface area (Å²) in [4.78, 5) is 15.8. The number of hydrogen-bond donors (Lipinski definition) is 1. The zero-order chi connectivity index (χ0) is 12.3. The van der Waals surface area contributed by atoms with Crippen LogP contribution in [0.1, 0.15) is 29.1 Å². The monoisotopic (exact) mass is 294 g/mol. The van der Waals surface area contributed by atoms with Crippen molar-refractivity contribution in [3.05, 3.63) is 52.7 Å². The van der Waals surface area contributed by atoms with E-state index in [2.05, 4.69) is 26.2 Å². The minimum absolute atomic E-state index is 0.111. The zero-order valence-corrected chi connectivity index (χ0v) is 10.8. The van der Waals surface area contributed by atoms with E-state index in [0.29, 0.717) is 4.67 Å². The molecule has 0 fully saturated rings. The first-order valence-corrected chi connectivity index (χ1v) is 5.92. The Morgan fingerprint density at radius 2 is 2.29 bits per heavy atom. The zero-order valence-electron chi connectivity index (χ0n) is 9.18. The smallest absolute Gasteiger partial charge is 0.287 e. The van der Waals surface area contributed by atoms with E-state index in [1.165, 1.54) is 0 Å². The summed E-state index contributed by atoms with van der Waals surface area (Å²) in [5.41, 5.74) is 0.950. The van der Waals surface area contributed by atoms with Gasteiger partial charge in [-0.1, -0.05) is 6.07 Å². The third-order valence-electron chi connectivity index (χ3n) is 2.33. The summed E-state index contributed by atoms with van der Waals surface area (Å²) < 4.78 is 5.71. The van der Waals surface area contributed by atoms with Gasteiger partial charge in [0.05, 0.1) is 6.04 Å². The molecule has 1 amide bonds. The summed E-state index contributed by atoms with van der Waals surface area (Å²) in [5.74, 6) is 0.0414. The number of furan rings is 1. The van der Waals surface area contributed by atoms with Gasteiger partial charge in [0.1, 0.15) is 0 Å². The molecule has 1 N–H and O–H groups in total. The van der Waals surface area contributed by atoms with Gasteiger partial charge in [-0.05, 0) is 46.6 Å².